The van der Waals surface area contributed by atoms with Crippen molar-refractivity contribution in [2.45, 2.75) is 57.8 Å². The smallest absolute Gasteiger partial charge is 0.0726 e. The van der Waals surface area contributed by atoms with Gasteiger partial charge in [-0.3, -0.25) is 0 Å². The first-order valence-electron chi connectivity index (χ1n) is 25.1. The molecule has 0 bridgehead atoms. The van der Waals surface area contributed by atoms with E-state index in [0.717, 1.165) is 34.1 Å². The first-order valence-corrected chi connectivity index (χ1v) is 25.1. The van der Waals surface area contributed by atoms with Crippen LogP contribution in [-0.4, -0.2) is 0 Å². The van der Waals surface area contributed by atoms with E-state index in [4.69, 9.17) is 0 Å². The van der Waals surface area contributed by atoms with Crippen LogP contribution in [-0.2, 0) is 16.2 Å². The molecule has 0 atom stereocenters. The lowest BCUT2D eigenvalue weighted by atomic mass is 9.68. The Morgan fingerprint density at radius 2 is 0.507 bits per heavy atom. The topological polar surface area (TPSA) is 6.48 Å². The molecule has 10 aromatic rings. The van der Waals surface area contributed by atoms with E-state index >= 15 is 0 Å². The fourth-order valence-corrected chi connectivity index (χ4v) is 11.3. The van der Waals surface area contributed by atoms with Crippen LogP contribution < -0.4 is 9.80 Å². The second-order valence-electron chi connectivity index (χ2n) is 21.4. The largest absolute Gasteiger partial charge is 0.311 e. The van der Waals surface area contributed by atoms with Crippen LogP contribution >= 0.6 is 0 Å². The van der Waals surface area contributed by atoms with Crippen LogP contribution in [0.15, 0.2) is 243 Å². The normalized spacial score (nSPS) is 13.0. The Morgan fingerprint density at radius 3 is 0.803 bits per heavy atom. The number of nitrogens with zero attached hydrogens (tertiary/aromatic N) is 2. The van der Waals surface area contributed by atoms with Crippen molar-refractivity contribution in [3.05, 3.63) is 276 Å². The van der Waals surface area contributed by atoms with Crippen LogP contribution in [0.1, 0.15) is 74.9 Å². The van der Waals surface area contributed by atoms with E-state index in [-0.39, 0.29) is 10.8 Å². The van der Waals surface area contributed by atoms with Crippen LogP contribution in [0.4, 0.5) is 34.1 Å². The van der Waals surface area contributed by atoms with Crippen LogP contribution in [0, 0.1) is 0 Å². The van der Waals surface area contributed by atoms with Gasteiger partial charge in [-0.05, 0) is 174 Å². The van der Waals surface area contributed by atoms with Gasteiger partial charge in [0.1, 0.15) is 0 Å². The second-order valence-corrected chi connectivity index (χ2v) is 21.4. The zero-order chi connectivity index (χ0) is 48.5. The van der Waals surface area contributed by atoms with Gasteiger partial charge in [0.05, 0.1) is 5.41 Å². The standard InChI is InChI=1S/C69H58N2/c1-67(2,3)51-33-41-61-62-42-34-52(68(4,5)6)46-66(62)69(65(61)45-51)63-43-49(47-27-35-57(36-28-47)70(53-19-11-7-12-20-53)54-21-13-8-14-22-54)31-39-59(63)60-40-32-50(44-64(60)69)48-29-37-58(38-30-48)71(55-23-15-9-16-24-55)56-25-17-10-18-26-56/h7-46H,1-6H3. The molecule has 0 amide bonds. The van der Waals surface area contributed by atoms with Gasteiger partial charge in [-0.2, -0.15) is 0 Å². The molecule has 1 spiro atoms. The molecule has 0 saturated carbocycles. The summed E-state index contributed by atoms with van der Waals surface area (Å²) in [4.78, 5) is 4.66. The predicted octanol–water partition coefficient (Wildman–Crippen LogP) is 18.9. The van der Waals surface area contributed by atoms with Crippen molar-refractivity contribution in [2.24, 2.45) is 0 Å². The summed E-state index contributed by atoms with van der Waals surface area (Å²) in [5, 5.41) is 0. The summed E-state index contributed by atoms with van der Waals surface area (Å²) < 4.78 is 0. The molecule has 0 aromatic heterocycles. The zero-order valence-corrected chi connectivity index (χ0v) is 41.5. The third kappa shape index (κ3) is 7.49. The van der Waals surface area contributed by atoms with E-state index in [1.54, 1.807) is 0 Å². The van der Waals surface area contributed by atoms with Gasteiger partial charge >= 0.3 is 0 Å². The van der Waals surface area contributed by atoms with Crippen LogP contribution in [0.2, 0.25) is 0 Å². The number of hydrogen-bond donors (Lipinski definition) is 0. The number of hydrogen-bond acceptors (Lipinski definition) is 2. The first kappa shape index (κ1) is 44.0. The van der Waals surface area contributed by atoms with Gasteiger partial charge in [0, 0.05) is 34.1 Å². The molecule has 0 N–H and O–H groups in total. The minimum absolute atomic E-state index is 0.0419. The Hall–Kier alpha value is -8.20. The van der Waals surface area contributed by atoms with Gasteiger partial charge in [0.25, 0.3) is 0 Å². The summed E-state index contributed by atoms with van der Waals surface area (Å²) in [6.07, 6.45) is 0. The molecule has 0 fully saturated rings. The predicted molar refractivity (Wildman–Crippen MR) is 300 cm³/mol. The van der Waals surface area contributed by atoms with E-state index in [2.05, 4.69) is 294 Å². The van der Waals surface area contributed by atoms with E-state index in [1.165, 1.54) is 77.9 Å². The highest BCUT2D eigenvalue weighted by atomic mass is 15.1. The fourth-order valence-electron chi connectivity index (χ4n) is 11.3. The van der Waals surface area contributed by atoms with Gasteiger partial charge < -0.3 is 9.80 Å². The maximum atomic E-state index is 2.55. The molecule has 2 nitrogen and oxygen atoms in total. The molecule has 10 aromatic carbocycles. The van der Waals surface area contributed by atoms with Gasteiger partial charge in [-0.25, -0.2) is 0 Å². The van der Waals surface area contributed by atoms with Crippen molar-refractivity contribution in [3.63, 3.8) is 0 Å². The molecule has 344 valence electrons. The van der Waals surface area contributed by atoms with Gasteiger partial charge in [-0.15, -0.1) is 0 Å². The third-order valence-corrected chi connectivity index (χ3v) is 15.0. The summed E-state index contributed by atoms with van der Waals surface area (Å²) >= 11 is 0. The Labute approximate surface area is 420 Å². The molecule has 12 rings (SSSR count). The number of fused-ring (bicyclic) bond motifs is 10. The maximum absolute atomic E-state index is 2.55. The van der Waals surface area contributed by atoms with E-state index < -0.39 is 5.41 Å². The lowest BCUT2D eigenvalue weighted by Gasteiger charge is -2.33. The van der Waals surface area contributed by atoms with Crippen LogP contribution in [0.25, 0.3) is 44.5 Å². The molecule has 0 unspecified atom stereocenters. The van der Waals surface area contributed by atoms with Crippen molar-refractivity contribution in [1.29, 1.82) is 0 Å². The minimum Gasteiger partial charge on any atom is -0.311 e. The second kappa shape index (κ2) is 17.0. The average molecular weight is 915 g/mol. The minimum atomic E-state index is -0.557. The molecule has 2 aliphatic rings. The summed E-state index contributed by atoms with van der Waals surface area (Å²) in [6.45, 7) is 14.1. The number of rotatable bonds is 8. The highest BCUT2D eigenvalue weighted by molar-refractivity contribution is 5.97. The Morgan fingerprint density at radius 1 is 0.254 bits per heavy atom. The number of para-hydroxylation sites is 4. The maximum Gasteiger partial charge on any atom is 0.0726 e. The van der Waals surface area contributed by atoms with Gasteiger partial charge in [-0.1, -0.05) is 199 Å². The van der Waals surface area contributed by atoms with Gasteiger partial charge in [0.15, 0.2) is 0 Å². The molecule has 0 radical (unpaired) electrons. The summed E-state index contributed by atoms with van der Waals surface area (Å²) in [7, 11) is 0. The van der Waals surface area contributed by atoms with Crippen molar-refractivity contribution >= 4 is 34.1 Å². The molecular formula is C69H58N2. The number of anilines is 6. The molecule has 2 heteroatoms. The SMILES string of the molecule is CC(C)(C)c1ccc2c(c1)C1(c3cc(-c4ccc(N(c5ccccc5)c5ccccc5)cc4)ccc3-c3ccc(-c4ccc(N(c5ccccc5)c5ccccc5)cc4)cc31)c1cc(C(C)(C)C)ccc1-2. The quantitative estimate of drug-likeness (QED) is 0.150. The summed E-state index contributed by atoms with van der Waals surface area (Å²) in [5.74, 6) is 0. The average Bonchev–Trinajstić information content (AvgIpc) is 3.86. The Bertz CT molecular complexity index is 3240. The zero-order valence-electron chi connectivity index (χ0n) is 41.5. The summed E-state index contributed by atoms with van der Waals surface area (Å²) in [6, 6.07) is 90.1. The monoisotopic (exact) mass is 914 g/mol. The lowest BCUT2D eigenvalue weighted by molar-refractivity contribution is 0.586. The highest BCUT2D eigenvalue weighted by Gasteiger charge is 2.52. The Balaban J connectivity index is 1.04. The Kier molecular flexibility index (Phi) is 10.6. The van der Waals surface area contributed by atoms with E-state index in [0.29, 0.717) is 0 Å². The summed E-state index contributed by atoms with van der Waals surface area (Å²) in [5.41, 5.74) is 24.2. The highest BCUT2D eigenvalue weighted by Crippen LogP contribution is 2.64. The van der Waals surface area contributed by atoms with Crippen LogP contribution in [0.3, 0.4) is 0 Å². The molecule has 0 heterocycles. The molecule has 2 aliphatic carbocycles. The first-order chi connectivity index (χ1) is 34.5. The van der Waals surface area contributed by atoms with E-state index in [9.17, 15) is 0 Å². The number of benzene rings is 10. The lowest BCUT2D eigenvalue weighted by Crippen LogP contribution is -2.27. The van der Waals surface area contributed by atoms with Crippen molar-refractivity contribution < 1.29 is 0 Å². The molecule has 0 aliphatic heterocycles. The van der Waals surface area contributed by atoms with Crippen molar-refractivity contribution in [3.8, 4) is 44.5 Å². The molecule has 71 heavy (non-hydrogen) atoms. The van der Waals surface area contributed by atoms with Crippen LogP contribution in [0.5, 0.6) is 0 Å². The van der Waals surface area contributed by atoms with Gasteiger partial charge in [0.2, 0.25) is 0 Å². The van der Waals surface area contributed by atoms with Crippen molar-refractivity contribution in [1.82, 2.24) is 0 Å². The van der Waals surface area contributed by atoms with E-state index in [1.807, 2.05) is 0 Å². The fraction of sp³-hybridized carbons (Fsp3) is 0.130. The van der Waals surface area contributed by atoms with Crippen molar-refractivity contribution in [2.75, 3.05) is 9.80 Å². The molecule has 0 saturated heterocycles. The molecular weight excluding hydrogens is 857 g/mol. The third-order valence-electron chi connectivity index (χ3n) is 15.0.